The third-order valence-corrected chi connectivity index (χ3v) is 2.77. The molecule has 0 bridgehead atoms. The van der Waals surface area contributed by atoms with Gasteiger partial charge in [-0.1, -0.05) is 42.5 Å². The molecule has 0 aromatic heterocycles. The van der Waals surface area contributed by atoms with Gasteiger partial charge in [0, 0.05) is 12.0 Å². The van der Waals surface area contributed by atoms with Gasteiger partial charge in [-0.2, -0.15) is 0 Å². The van der Waals surface area contributed by atoms with Crippen LogP contribution in [0.25, 0.3) is 0 Å². The SMILES string of the molecule is C=CC(N)c1ccccc1C1C=CC1. The van der Waals surface area contributed by atoms with Gasteiger partial charge in [0.15, 0.2) is 0 Å². The fourth-order valence-electron chi connectivity index (χ4n) is 1.78. The fourth-order valence-corrected chi connectivity index (χ4v) is 1.78. The molecule has 1 aromatic rings. The first-order chi connectivity index (χ1) is 6.83. The van der Waals surface area contributed by atoms with E-state index in [9.17, 15) is 0 Å². The van der Waals surface area contributed by atoms with Crippen LogP contribution in [0.1, 0.15) is 29.5 Å². The van der Waals surface area contributed by atoms with E-state index in [-0.39, 0.29) is 6.04 Å². The Morgan fingerprint density at radius 2 is 2.14 bits per heavy atom. The van der Waals surface area contributed by atoms with Gasteiger partial charge in [0.1, 0.15) is 0 Å². The van der Waals surface area contributed by atoms with Gasteiger partial charge in [0.05, 0.1) is 0 Å². The van der Waals surface area contributed by atoms with E-state index >= 15 is 0 Å². The minimum Gasteiger partial charge on any atom is -0.321 e. The van der Waals surface area contributed by atoms with E-state index in [0.29, 0.717) is 5.92 Å². The van der Waals surface area contributed by atoms with Gasteiger partial charge in [-0.3, -0.25) is 0 Å². The molecule has 1 aliphatic rings. The molecule has 2 rings (SSSR count). The molecule has 1 aromatic carbocycles. The van der Waals surface area contributed by atoms with Crippen LogP contribution in [0.4, 0.5) is 0 Å². The highest BCUT2D eigenvalue weighted by Crippen LogP contribution is 2.33. The Morgan fingerprint density at radius 1 is 1.43 bits per heavy atom. The van der Waals surface area contributed by atoms with E-state index in [4.69, 9.17) is 5.73 Å². The van der Waals surface area contributed by atoms with Crippen LogP contribution in [-0.2, 0) is 0 Å². The molecular weight excluding hydrogens is 170 g/mol. The van der Waals surface area contributed by atoms with Crippen LogP contribution in [0.2, 0.25) is 0 Å². The minimum atomic E-state index is -0.0415. The molecule has 2 atom stereocenters. The van der Waals surface area contributed by atoms with Crippen LogP contribution in [0.15, 0.2) is 49.1 Å². The molecule has 0 saturated carbocycles. The van der Waals surface area contributed by atoms with Crippen LogP contribution in [0.5, 0.6) is 0 Å². The maximum Gasteiger partial charge on any atom is 0.0481 e. The van der Waals surface area contributed by atoms with Crippen LogP contribution in [0, 0.1) is 0 Å². The summed E-state index contributed by atoms with van der Waals surface area (Å²) in [5.41, 5.74) is 8.52. The first kappa shape index (κ1) is 9.22. The van der Waals surface area contributed by atoms with Crippen molar-refractivity contribution in [2.24, 2.45) is 5.73 Å². The Labute approximate surface area is 84.9 Å². The second-order valence-corrected chi connectivity index (χ2v) is 3.66. The second kappa shape index (κ2) is 3.81. The number of benzene rings is 1. The van der Waals surface area contributed by atoms with Gasteiger partial charge in [-0.25, -0.2) is 0 Å². The molecule has 0 amide bonds. The molecule has 14 heavy (non-hydrogen) atoms. The van der Waals surface area contributed by atoms with Crippen LogP contribution < -0.4 is 5.73 Å². The van der Waals surface area contributed by atoms with Crippen molar-refractivity contribution in [3.8, 4) is 0 Å². The van der Waals surface area contributed by atoms with Crippen molar-refractivity contribution in [2.75, 3.05) is 0 Å². The molecule has 0 spiro atoms. The zero-order chi connectivity index (χ0) is 9.97. The smallest absolute Gasteiger partial charge is 0.0481 e. The molecule has 0 saturated heterocycles. The van der Waals surface area contributed by atoms with Crippen LogP contribution in [0.3, 0.4) is 0 Å². The lowest BCUT2D eigenvalue weighted by atomic mass is 9.83. The Balaban J connectivity index is 2.37. The average molecular weight is 185 g/mol. The Kier molecular flexibility index (Phi) is 2.51. The van der Waals surface area contributed by atoms with Crippen LogP contribution >= 0.6 is 0 Å². The van der Waals surface area contributed by atoms with Gasteiger partial charge in [0.25, 0.3) is 0 Å². The minimum absolute atomic E-state index is 0.0415. The lowest BCUT2D eigenvalue weighted by molar-refractivity contribution is 0.762. The monoisotopic (exact) mass is 185 g/mol. The third kappa shape index (κ3) is 1.51. The van der Waals surface area contributed by atoms with E-state index in [1.165, 1.54) is 11.1 Å². The average Bonchev–Trinajstić information content (AvgIpc) is 2.15. The van der Waals surface area contributed by atoms with E-state index < -0.39 is 0 Å². The van der Waals surface area contributed by atoms with Crippen molar-refractivity contribution in [1.29, 1.82) is 0 Å². The summed E-state index contributed by atoms with van der Waals surface area (Å²) in [6.45, 7) is 3.74. The number of hydrogen-bond donors (Lipinski definition) is 1. The number of allylic oxidation sites excluding steroid dienone is 2. The standard InChI is InChI=1S/C13H15N/c1-2-13(14)12-9-4-3-8-11(12)10-6-5-7-10/h2-6,8-10,13H,1,7,14H2. The second-order valence-electron chi connectivity index (χ2n) is 3.66. The highest BCUT2D eigenvalue weighted by molar-refractivity contribution is 5.39. The predicted octanol–water partition coefficient (Wildman–Crippen LogP) is 2.92. The Morgan fingerprint density at radius 3 is 2.71 bits per heavy atom. The largest absolute Gasteiger partial charge is 0.321 e. The molecule has 0 heterocycles. The summed E-state index contributed by atoms with van der Waals surface area (Å²) >= 11 is 0. The summed E-state index contributed by atoms with van der Waals surface area (Å²) in [6.07, 6.45) is 7.36. The first-order valence-electron chi connectivity index (χ1n) is 4.96. The van der Waals surface area contributed by atoms with Gasteiger partial charge >= 0.3 is 0 Å². The van der Waals surface area contributed by atoms with E-state index in [2.05, 4.69) is 36.9 Å². The summed E-state index contributed by atoms with van der Waals surface area (Å²) in [7, 11) is 0. The predicted molar refractivity (Wildman–Crippen MR) is 60.1 cm³/mol. The van der Waals surface area contributed by atoms with Gasteiger partial charge in [0.2, 0.25) is 0 Å². The molecule has 0 radical (unpaired) electrons. The highest BCUT2D eigenvalue weighted by Gasteiger charge is 2.17. The molecule has 2 unspecified atom stereocenters. The van der Waals surface area contributed by atoms with E-state index in [1.54, 1.807) is 6.08 Å². The molecule has 1 nitrogen and oxygen atoms in total. The zero-order valence-electron chi connectivity index (χ0n) is 8.19. The third-order valence-electron chi connectivity index (χ3n) is 2.77. The van der Waals surface area contributed by atoms with Crippen molar-refractivity contribution in [3.63, 3.8) is 0 Å². The first-order valence-corrected chi connectivity index (χ1v) is 4.96. The molecule has 72 valence electrons. The molecule has 1 aliphatic carbocycles. The van der Waals surface area contributed by atoms with Crippen molar-refractivity contribution in [1.82, 2.24) is 0 Å². The molecule has 2 N–H and O–H groups in total. The lowest BCUT2D eigenvalue weighted by Gasteiger charge is -2.23. The quantitative estimate of drug-likeness (QED) is 0.720. The lowest BCUT2D eigenvalue weighted by Crippen LogP contribution is -2.12. The Hall–Kier alpha value is -1.34. The van der Waals surface area contributed by atoms with Crippen molar-refractivity contribution in [2.45, 2.75) is 18.4 Å². The van der Waals surface area contributed by atoms with Crippen molar-refractivity contribution < 1.29 is 0 Å². The zero-order valence-corrected chi connectivity index (χ0v) is 8.19. The summed E-state index contributed by atoms with van der Waals surface area (Å²) in [4.78, 5) is 0. The molecular formula is C13H15N. The van der Waals surface area contributed by atoms with E-state index in [1.807, 2.05) is 6.07 Å². The fraction of sp³-hybridized carbons (Fsp3) is 0.231. The summed E-state index contributed by atoms with van der Waals surface area (Å²) in [5, 5.41) is 0. The number of rotatable bonds is 3. The summed E-state index contributed by atoms with van der Waals surface area (Å²) in [5.74, 6) is 0.567. The normalized spacial score (nSPS) is 21.4. The summed E-state index contributed by atoms with van der Waals surface area (Å²) in [6, 6.07) is 8.31. The van der Waals surface area contributed by atoms with Gasteiger partial charge in [-0.05, 0) is 17.5 Å². The molecule has 1 heteroatoms. The topological polar surface area (TPSA) is 26.0 Å². The number of hydrogen-bond acceptors (Lipinski definition) is 1. The molecule has 0 fully saturated rings. The van der Waals surface area contributed by atoms with E-state index in [0.717, 1.165) is 6.42 Å². The highest BCUT2D eigenvalue weighted by atomic mass is 14.6. The van der Waals surface area contributed by atoms with Gasteiger partial charge < -0.3 is 5.73 Å². The summed E-state index contributed by atoms with van der Waals surface area (Å²) < 4.78 is 0. The van der Waals surface area contributed by atoms with Crippen LogP contribution in [-0.4, -0.2) is 0 Å². The Bertz CT molecular complexity index is 344. The van der Waals surface area contributed by atoms with Crippen molar-refractivity contribution >= 4 is 0 Å². The van der Waals surface area contributed by atoms with Gasteiger partial charge in [-0.15, -0.1) is 6.58 Å². The number of nitrogens with two attached hydrogens (primary N) is 1. The molecule has 0 aliphatic heterocycles. The maximum atomic E-state index is 5.97. The van der Waals surface area contributed by atoms with Crippen molar-refractivity contribution in [3.05, 3.63) is 60.2 Å². The maximum absolute atomic E-state index is 5.97.